The number of hydrogen-bond donors (Lipinski definition) is 1. The fourth-order valence-electron chi connectivity index (χ4n) is 5.99. The second kappa shape index (κ2) is 13.5. The van der Waals surface area contributed by atoms with Crippen LogP contribution >= 0.6 is 27.7 Å². The van der Waals surface area contributed by atoms with Gasteiger partial charge < -0.3 is 19.6 Å². The summed E-state index contributed by atoms with van der Waals surface area (Å²) < 4.78 is 4.98. The molecule has 3 aliphatic rings. The lowest BCUT2D eigenvalue weighted by Crippen LogP contribution is -2.55. The van der Waals surface area contributed by atoms with Crippen LogP contribution in [0.1, 0.15) is 58.3 Å². The fraction of sp³-hybridized carbons (Fsp3) is 0.741. The zero-order valence-corrected chi connectivity index (χ0v) is 23.8. The average Bonchev–Trinajstić information content (AvgIpc) is 3.45. The molecule has 7 nitrogen and oxygen atoms in total. The first-order chi connectivity index (χ1) is 17.4. The average molecular weight is 586 g/mol. The minimum Gasteiger partial charge on any atom is -0.465 e. The Hall–Kier alpha value is -1.32. The molecule has 1 N–H and O–H groups in total. The lowest BCUT2D eigenvalue weighted by molar-refractivity contribution is -0.154. The number of hydrogen-bond acceptors (Lipinski definition) is 6. The first kappa shape index (κ1) is 29.2. The van der Waals surface area contributed by atoms with Crippen molar-refractivity contribution in [1.29, 1.82) is 0 Å². The van der Waals surface area contributed by atoms with Crippen LogP contribution in [0.15, 0.2) is 25.3 Å². The standard InChI is InChI=1S/C27H41BrN2O5S/c1-4-7-9-11-17-35-26(34)20-21-24(32)30(15-12-16-31)23(27(21)18-19(28)22(20)36-27)25(33)29(13-6-3)14-10-8-5-2/h4,6,19-23,31H,1,3,5,7-18H2,2H3/t19?,20-,21-,22-,23?,27?/m0/s1. The summed E-state index contributed by atoms with van der Waals surface area (Å²) in [6.45, 7) is 11.3. The Kier molecular flexibility index (Phi) is 10.9. The van der Waals surface area contributed by atoms with Crippen molar-refractivity contribution in [2.24, 2.45) is 11.8 Å². The van der Waals surface area contributed by atoms with E-state index in [1.165, 1.54) is 0 Å². The number of rotatable bonds is 16. The van der Waals surface area contributed by atoms with E-state index in [2.05, 4.69) is 36.0 Å². The van der Waals surface area contributed by atoms with Crippen LogP contribution in [0.2, 0.25) is 0 Å². The summed E-state index contributed by atoms with van der Waals surface area (Å²) in [6, 6.07) is -0.663. The molecule has 0 saturated carbocycles. The third-order valence-corrected chi connectivity index (χ3v) is 10.8. The number of carbonyl (C=O) groups excluding carboxylic acids is 3. The molecule has 1 spiro atoms. The molecule has 0 aliphatic carbocycles. The van der Waals surface area contributed by atoms with Crippen molar-refractivity contribution in [2.75, 3.05) is 32.8 Å². The molecule has 0 radical (unpaired) electrons. The summed E-state index contributed by atoms with van der Waals surface area (Å²) in [6.07, 6.45) is 10.1. The quantitative estimate of drug-likeness (QED) is 0.128. The van der Waals surface area contributed by atoms with Crippen molar-refractivity contribution < 1.29 is 24.2 Å². The number of likely N-dealkylation sites (tertiary alicyclic amines) is 1. The molecular weight excluding hydrogens is 544 g/mol. The number of allylic oxidation sites excluding steroid dienone is 1. The lowest BCUT2D eigenvalue weighted by atomic mass is 9.71. The van der Waals surface area contributed by atoms with Crippen molar-refractivity contribution in [3.63, 3.8) is 0 Å². The highest BCUT2D eigenvalue weighted by atomic mass is 79.9. The van der Waals surface area contributed by atoms with Gasteiger partial charge in [-0.2, -0.15) is 0 Å². The Morgan fingerprint density at radius 1 is 1.25 bits per heavy atom. The Labute approximate surface area is 228 Å². The summed E-state index contributed by atoms with van der Waals surface area (Å²) in [4.78, 5) is 44.8. The van der Waals surface area contributed by atoms with E-state index in [0.717, 1.165) is 38.5 Å². The van der Waals surface area contributed by atoms with Crippen LogP contribution in [-0.4, -0.2) is 86.4 Å². The number of unbranched alkanes of at least 4 members (excludes halogenated alkanes) is 4. The monoisotopic (exact) mass is 584 g/mol. The van der Waals surface area contributed by atoms with Crippen molar-refractivity contribution in [3.8, 4) is 0 Å². The minimum absolute atomic E-state index is 0.0194. The molecule has 3 fully saturated rings. The van der Waals surface area contributed by atoms with Crippen LogP contribution in [0.3, 0.4) is 0 Å². The van der Waals surface area contributed by atoms with Gasteiger partial charge in [0, 0.05) is 36.3 Å². The van der Waals surface area contributed by atoms with Crippen molar-refractivity contribution >= 4 is 45.5 Å². The number of aliphatic hydroxyl groups is 1. The number of fused-ring (bicyclic) bond motifs is 1. The third-order valence-electron chi connectivity index (χ3n) is 7.59. The second-order valence-corrected chi connectivity index (χ2v) is 12.7. The summed E-state index contributed by atoms with van der Waals surface area (Å²) in [5, 5.41) is 9.40. The Balaban J connectivity index is 1.89. The van der Waals surface area contributed by atoms with E-state index in [9.17, 15) is 19.5 Å². The van der Waals surface area contributed by atoms with Crippen LogP contribution in [0.25, 0.3) is 0 Å². The molecular formula is C27H41BrN2O5S. The van der Waals surface area contributed by atoms with E-state index in [4.69, 9.17) is 4.74 Å². The van der Waals surface area contributed by atoms with E-state index in [-0.39, 0.29) is 34.5 Å². The maximum absolute atomic E-state index is 14.1. The van der Waals surface area contributed by atoms with Crippen LogP contribution in [-0.2, 0) is 19.1 Å². The van der Waals surface area contributed by atoms with Gasteiger partial charge in [0.2, 0.25) is 11.8 Å². The molecule has 36 heavy (non-hydrogen) atoms. The van der Waals surface area contributed by atoms with E-state index < -0.39 is 22.6 Å². The maximum Gasteiger partial charge on any atom is 0.310 e. The number of nitrogens with zero attached hydrogens (tertiary/aromatic N) is 2. The molecule has 2 amide bonds. The molecule has 6 atom stereocenters. The smallest absolute Gasteiger partial charge is 0.310 e. The van der Waals surface area contributed by atoms with Crippen molar-refractivity contribution in [2.45, 2.75) is 79.2 Å². The highest BCUT2D eigenvalue weighted by Crippen LogP contribution is 2.68. The van der Waals surface area contributed by atoms with Crippen LogP contribution in [0, 0.1) is 11.8 Å². The van der Waals surface area contributed by atoms with Crippen LogP contribution < -0.4 is 0 Å². The number of alkyl halides is 1. The van der Waals surface area contributed by atoms with Gasteiger partial charge in [0.1, 0.15) is 6.04 Å². The SMILES string of the molecule is C=CCCCCOC(=O)[C@H]1[C@H]2C(=O)N(CCCO)C(C(=O)N(CC=C)CCCCC)C23CC(Br)[C@@H]1S3. The summed E-state index contributed by atoms with van der Waals surface area (Å²) in [5.41, 5.74) is 0. The van der Waals surface area contributed by atoms with Gasteiger partial charge in [0.25, 0.3) is 0 Å². The number of esters is 1. The zero-order valence-electron chi connectivity index (χ0n) is 21.4. The molecule has 202 valence electrons. The van der Waals surface area contributed by atoms with E-state index in [1.807, 2.05) is 11.0 Å². The Bertz CT molecular complexity index is 826. The molecule has 9 heteroatoms. The number of carbonyl (C=O) groups is 3. The second-order valence-electron chi connectivity index (χ2n) is 10.0. The fourth-order valence-corrected chi connectivity index (χ4v) is 9.59. The van der Waals surface area contributed by atoms with Crippen molar-refractivity contribution in [3.05, 3.63) is 25.3 Å². The topological polar surface area (TPSA) is 87.1 Å². The number of halogens is 1. The highest BCUT2D eigenvalue weighted by Gasteiger charge is 2.76. The van der Waals surface area contributed by atoms with Gasteiger partial charge in [0.15, 0.2) is 0 Å². The summed E-state index contributed by atoms with van der Waals surface area (Å²) >= 11 is 5.40. The molecule has 0 aromatic carbocycles. The molecule has 3 aliphatic heterocycles. The summed E-state index contributed by atoms with van der Waals surface area (Å²) in [5.74, 6) is -1.74. The molecule has 3 rings (SSSR count). The van der Waals surface area contributed by atoms with Crippen molar-refractivity contribution in [1.82, 2.24) is 9.80 Å². The van der Waals surface area contributed by atoms with Gasteiger partial charge in [-0.3, -0.25) is 14.4 Å². The summed E-state index contributed by atoms with van der Waals surface area (Å²) in [7, 11) is 0. The molecule has 3 unspecified atom stereocenters. The third kappa shape index (κ3) is 5.73. The Morgan fingerprint density at radius 2 is 2.03 bits per heavy atom. The molecule has 2 bridgehead atoms. The molecule has 0 aromatic heterocycles. The van der Waals surface area contributed by atoms with Gasteiger partial charge in [-0.15, -0.1) is 24.9 Å². The van der Waals surface area contributed by atoms with Gasteiger partial charge in [-0.1, -0.05) is 47.8 Å². The first-order valence-electron chi connectivity index (χ1n) is 13.3. The van der Waals surface area contributed by atoms with E-state index in [1.54, 1.807) is 22.7 Å². The van der Waals surface area contributed by atoms with Crippen LogP contribution in [0.4, 0.5) is 0 Å². The first-order valence-corrected chi connectivity index (χ1v) is 15.1. The van der Waals surface area contributed by atoms with Gasteiger partial charge in [-0.25, -0.2) is 0 Å². The predicted octanol–water partition coefficient (Wildman–Crippen LogP) is 3.94. The number of ether oxygens (including phenoxy) is 1. The largest absolute Gasteiger partial charge is 0.465 e. The minimum atomic E-state index is -0.681. The maximum atomic E-state index is 14.1. The lowest BCUT2D eigenvalue weighted by Gasteiger charge is -2.37. The van der Waals surface area contributed by atoms with Gasteiger partial charge in [-0.05, 0) is 38.5 Å². The molecule has 0 aromatic rings. The van der Waals surface area contributed by atoms with Gasteiger partial charge in [0.05, 0.1) is 23.2 Å². The van der Waals surface area contributed by atoms with E-state index in [0.29, 0.717) is 39.1 Å². The number of amides is 2. The molecule has 3 saturated heterocycles. The van der Waals surface area contributed by atoms with E-state index >= 15 is 0 Å². The Morgan fingerprint density at radius 3 is 2.69 bits per heavy atom. The van der Waals surface area contributed by atoms with Gasteiger partial charge >= 0.3 is 5.97 Å². The molecule has 3 heterocycles. The highest BCUT2D eigenvalue weighted by molar-refractivity contribution is 9.09. The zero-order chi connectivity index (χ0) is 26.3. The van der Waals surface area contributed by atoms with Crippen LogP contribution in [0.5, 0.6) is 0 Å². The number of aliphatic hydroxyl groups excluding tert-OH is 1. The number of thioether (sulfide) groups is 1. The predicted molar refractivity (Wildman–Crippen MR) is 147 cm³/mol. The normalized spacial score (nSPS) is 30.4.